The summed E-state index contributed by atoms with van der Waals surface area (Å²) in [7, 11) is 0. The Hall–Kier alpha value is -1.65. The summed E-state index contributed by atoms with van der Waals surface area (Å²) in [4.78, 5) is 14.7. The Morgan fingerprint density at radius 3 is 2.80 bits per heavy atom. The van der Waals surface area contributed by atoms with Crippen LogP contribution in [-0.2, 0) is 0 Å². The van der Waals surface area contributed by atoms with Crippen molar-refractivity contribution in [2.24, 2.45) is 11.8 Å². The molecule has 1 fully saturated rings. The van der Waals surface area contributed by atoms with Crippen molar-refractivity contribution in [2.45, 2.75) is 39.0 Å². The van der Waals surface area contributed by atoms with E-state index in [1.807, 2.05) is 0 Å². The molecule has 1 aromatic rings. The van der Waals surface area contributed by atoms with Crippen molar-refractivity contribution in [2.75, 3.05) is 11.9 Å². The number of aromatic carboxylic acids is 1. The van der Waals surface area contributed by atoms with Crippen molar-refractivity contribution in [3.8, 4) is 0 Å². The Kier molecular flexibility index (Phi) is 4.93. The summed E-state index contributed by atoms with van der Waals surface area (Å²) in [5, 5.41) is 11.8. The van der Waals surface area contributed by atoms with Crippen LogP contribution in [0.25, 0.3) is 0 Å². The molecule has 4 nitrogen and oxygen atoms in total. The molecule has 0 atom stereocenters. The summed E-state index contributed by atoms with van der Waals surface area (Å²) in [6.07, 6.45) is 7.29. The lowest BCUT2D eigenvalue weighted by Crippen LogP contribution is -2.17. The van der Waals surface area contributed by atoms with Gasteiger partial charge in [0.25, 0.3) is 0 Å². The van der Waals surface area contributed by atoms with E-state index in [2.05, 4.69) is 17.2 Å². The van der Waals surface area contributed by atoms with Gasteiger partial charge in [-0.1, -0.05) is 32.6 Å². The second kappa shape index (κ2) is 6.68. The fourth-order valence-electron chi connectivity index (χ4n) is 2.74. The highest BCUT2D eigenvalue weighted by molar-refractivity contribution is 5.88. The molecule has 0 aliphatic heterocycles. The number of carboxylic acids is 1. The molecule has 2 N–H and O–H groups in total. The molecule has 0 spiro atoms. The minimum Gasteiger partial charge on any atom is -0.478 e. The molecule has 0 unspecified atom stereocenters. The summed E-state index contributed by atoms with van der Waals surface area (Å²) in [5.74, 6) is -0.504. The Labute approximate surface area is 118 Å². The van der Waals surface area contributed by atoms with E-state index in [4.69, 9.17) is 5.11 Å². The van der Waals surface area contributed by atoms with Crippen molar-refractivity contribution in [3.63, 3.8) is 0 Å². The van der Waals surface area contributed by atoms with Crippen molar-refractivity contribution in [1.82, 2.24) is 4.98 Å². The van der Waals surface area contributed by atoms with Crippen LogP contribution < -0.4 is 5.32 Å². The highest BCUT2D eigenvalue weighted by Gasteiger charge is 2.18. The maximum Gasteiger partial charge on any atom is 0.338 e. The van der Waals surface area contributed by atoms with Crippen LogP contribution in [0.4, 0.5) is 10.2 Å². The first kappa shape index (κ1) is 14.8. The zero-order valence-electron chi connectivity index (χ0n) is 11.7. The van der Waals surface area contributed by atoms with E-state index >= 15 is 0 Å². The second-order valence-corrected chi connectivity index (χ2v) is 5.67. The summed E-state index contributed by atoms with van der Waals surface area (Å²) in [5.41, 5.74) is -0.339. The van der Waals surface area contributed by atoms with E-state index < -0.39 is 11.8 Å². The molecule has 1 aliphatic carbocycles. The number of carbonyl (C=O) groups is 1. The number of anilines is 1. The molecule has 110 valence electrons. The number of pyridine rings is 1. The van der Waals surface area contributed by atoms with Crippen molar-refractivity contribution in [1.29, 1.82) is 0 Å². The molecule has 5 heteroatoms. The summed E-state index contributed by atoms with van der Waals surface area (Å²) in [6.45, 7) is 2.91. The molecular weight excluding hydrogens is 259 g/mol. The van der Waals surface area contributed by atoms with Gasteiger partial charge in [0.2, 0.25) is 0 Å². The number of halogens is 1. The third kappa shape index (κ3) is 3.68. The molecule has 20 heavy (non-hydrogen) atoms. The number of aromatic nitrogens is 1. The first-order valence-corrected chi connectivity index (χ1v) is 7.19. The smallest absolute Gasteiger partial charge is 0.338 e. The van der Waals surface area contributed by atoms with Crippen molar-refractivity contribution < 1.29 is 14.3 Å². The van der Waals surface area contributed by atoms with E-state index in [1.54, 1.807) is 0 Å². The van der Waals surface area contributed by atoms with Gasteiger partial charge >= 0.3 is 5.97 Å². The van der Waals surface area contributed by atoms with Gasteiger partial charge in [-0.2, -0.15) is 0 Å². The quantitative estimate of drug-likeness (QED) is 0.866. The Balaban J connectivity index is 1.85. The Morgan fingerprint density at radius 2 is 2.15 bits per heavy atom. The molecule has 0 amide bonds. The number of carboxylic acid groups (broad SMARTS) is 1. The lowest BCUT2D eigenvalue weighted by molar-refractivity contribution is 0.0692. The van der Waals surface area contributed by atoms with Gasteiger partial charge in [-0.3, -0.25) is 0 Å². The predicted octanol–water partition coefficient (Wildman–Crippen LogP) is 3.55. The normalized spacial score (nSPS) is 22.5. The summed E-state index contributed by atoms with van der Waals surface area (Å²) >= 11 is 0. The maximum atomic E-state index is 13.8. The van der Waals surface area contributed by atoms with Crippen LogP contribution in [0.15, 0.2) is 12.3 Å². The Morgan fingerprint density at radius 1 is 1.45 bits per heavy atom. The standard InChI is InChI=1S/C15H21FN2O2/c1-10-2-4-11(5-3-10)6-8-17-14-13(16)12(15(19)20)7-9-18-14/h7,9-11H,2-6,8H2,1H3,(H,17,18)(H,19,20). The third-order valence-corrected chi connectivity index (χ3v) is 4.10. The second-order valence-electron chi connectivity index (χ2n) is 5.67. The first-order valence-electron chi connectivity index (χ1n) is 7.19. The third-order valence-electron chi connectivity index (χ3n) is 4.10. The van der Waals surface area contributed by atoms with E-state index in [0.717, 1.165) is 12.3 Å². The van der Waals surface area contributed by atoms with Gasteiger partial charge < -0.3 is 10.4 Å². The van der Waals surface area contributed by atoms with E-state index in [0.29, 0.717) is 12.5 Å². The molecule has 2 rings (SSSR count). The lowest BCUT2D eigenvalue weighted by atomic mass is 9.81. The predicted molar refractivity (Wildman–Crippen MR) is 75.4 cm³/mol. The Bertz CT molecular complexity index is 471. The molecule has 0 aromatic carbocycles. The SMILES string of the molecule is CC1CCC(CCNc2nccc(C(=O)O)c2F)CC1. The van der Waals surface area contributed by atoms with E-state index in [1.165, 1.54) is 37.9 Å². The molecule has 0 radical (unpaired) electrons. The fourth-order valence-corrected chi connectivity index (χ4v) is 2.74. The number of rotatable bonds is 5. The monoisotopic (exact) mass is 280 g/mol. The van der Waals surface area contributed by atoms with Gasteiger partial charge in [-0.05, 0) is 24.3 Å². The number of hydrogen-bond acceptors (Lipinski definition) is 3. The molecule has 1 aliphatic rings. The van der Waals surface area contributed by atoms with E-state index in [9.17, 15) is 9.18 Å². The van der Waals surface area contributed by atoms with Crippen molar-refractivity contribution >= 4 is 11.8 Å². The van der Waals surface area contributed by atoms with Crippen LogP contribution in [0.2, 0.25) is 0 Å². The van der Waals surface area contributed by atoms with Crippen LogP contribution in [0.1, 0.15) is 49.4 Å². The van der Waals surface area contributed by atoms with Crippen molar-refractivity contribution in [3.05, 3.63) is 23.6 Å². The highest BCUT2D eigenvalue weighted by atomic mass is 19.1. The zero-order valence-corrected chi connectivity index (χ0v) is 11.7. The number of nitrogens with one attached hydrogen (secondary N) is 1. The minimum atomic E-state index is -1.27. The molecular formula is C15H21FN2O2. The maximum absolute atomic E-state index is 13.8. The fraction of sp³-hybridized carbons (Fsp3) is 0.600. The van der Waals surface area contributed by atoms with Gasteiger partial charge in [-0.25, -0.2) is 14.2 Å². The lowest BCUT2D eigenvalue weighted by Gasteiger charge is -2.26. The van der Waals surface area contributed by atoms with Gasteiger partial charge in [0.05, 0.1) is 0 Å². The first-order chi connectivity index (χ1) is 9.58. The van der Waals surface area contributed by atoms with Crippen LogP contribution in [0.3, 0.4) is 0 Å². The topological polar surface area (TPSA) is 62.2 Å². The molecule has 0 saturated heterocycles. The van der Waals surface area contributed by atoms with Crippen LogP contribution in [0.5, 0.6) is 0 Å². The van der Waals surface area contributed by atoms with E-state index in [-0.39, 0.29) is 11.4 Å². The van der Waals surface area contributed by atoms with Crippen LogP contribution >= 0.6 is 0 Å². The number of hydrogen-bond donors (Lipinski definition) is 2. The summed E-state index contributed by atoms with van der Waals surface area (Å²) < 4.78 is 13.8. The average molecular weight is 280 g/mol. The molecule has 1 heterocycles. The average Bonchev–Trinajstić information content (AvgIpc) is 2.42. The van der Waals surface area contributed by atoms with Crippen LogP contribution in [0, 0.1) is 17.7 Å². The number of nitrogens with zero attached hydrogens (tertiary/aromatic N) is 1. The molecule has 1 saturated carbocycles. The summed E-state index contributed by atoms with van der Waals surface area (Å²) in [6, 6.07) is 1.17. The zero-order chi connectivity index (χ0) is 14.5. The molecule has 0 bridgehead atoms. The molecule has 1 aromatic heterocycles. The highest BCUT2D eigenvalue weighted by Crippen LogP contribution is 2.30. The minimum absolute atomic E-state index is 0.0362. The largest absolute Gasteiger partial charge is 0.478 e. The van der Waals surface area contributed by atoms with Gasteiger partial charge in [0.15, 0.2) is 11.6 Å². The van der Waals surface area contributed by atoms with Crippen LogP contribution in [-0.4, -0.2) is 22.6 Å². The van der Waals surface area contributed by atoms with Gasteiger partial charge in [0, 0.05) is 12.7 Å². The van der Waals surface area contributed by atoms with Gasteiger partial charge in [-0.15, -0.1) is 0 Å². The van der Waals surface area contributed by atoms with Gasteiger partial charge in [0.1, 0.15) is 5.56 Å².